The third kappa shape index (κ3) is 5.04. The molecule has 1 N–H and O–H groups in total. The van der Waals surface area contributed by atoms with Crippen molar-refractivity contribution >= 4 is 16.0 Å². The van der Waals surface area contributed by atoms with Gasteiger partial charge in [-0.15, -0.1) is 0 Å². The maximum absolute atomic E-state index is 12.4. The lowest BCUT2D eigenvalue weighted by molar-refractivity contribution is 0.0600. The molecule has 0 aromatic heterocycles. The summed E-state index contributed by atoms with van der Waals surface area (Å²) >= 11 is 0. The van der Waals surface area contributed by atoms with Gasteiger partial charge in [0, 0.05) is 11.6 Å². The lowest BCUT2D eigenvalue weighted by Crippen LogP contribution is -2.28. The van der Waals surface area contributed by atoms with Crippen LogP contribution in [0.4, 0.5) is 0 Å². The number of hydrogen-bond acceptors (Lipinski definition) is 5. The van der Waals surface area contributed by atoms with Crippen LogP contribution in [0.3, 0.4) is 0 Å². The average Bonchev–Trinajstić information content (AvgIpc) is 2.60. The first-order chi connectivity index (χ1) is 11.9. The molecule has 2 rings (SSSR count). The van der Waals surface area contributed by atoms with Crippen LogP contribution in [-0.2, 0) is 20.5 Å². The van der Waals surface area contributed by atoms with E-state index in [1.54, 1.807) is 44.4 Å². The third-order valence-electron chi connectivity index (χ3n) is 3.69. The summed E-state index contributed by atoms with van der Waals surface area (Å²) in [5.41, 5.74) is 1.71. The Balaban J connectivity index is 2.10. The van der Waals surface area contributed by atoms with Crippen LogP contribution in [0, 0.1) is 0 Å². The average molecular weight is 363 g/mol. The van der Waals surface area contributed by atoms with Crippen LogP contribution >= 0.6 is 0 Å². The number of methoxy groups -OCH3 is 2. The smallest absolute Gasteiger partial charge is 0.337 e. The van der Waals surface area contributed by atoms with Crippen LogP contribution in [0.25, 0.3) is 0 Å². The van der Waals surface area contributed by atoms with Gasteiger partial charge in [-0.2, -0.15) is 0 Å². The second-order valence-electron chi connectivity index (χ2n) is 5.53. The first-order valence-electron chi connectivity index (χ1n) is 7.66. The first-order valence-corrected chi connectivity index (χ1v) is 9.31. The van der Waals surface area contributed by atoms with Crippen molar-refractivity contribution in [3.8, 4) is 5.75 Å². The fourth-order valence-electron chi connectivity index (χ4n) is 2.47. The van der Waals surface area contributed by atoms with Crippen LogP contribution in [-0.4, -0.2) is 28.6 Å². The monoisotopic (exact) mass is 363 g/mol. The zero-order valence-electron chi connectivity index (χ0n) is 14.4. The molecule has 0 radical (unpaired) electrons. The van der Waals surface area contributed by atoms with E-state index in [2.05, 4.69) is 9.46 Å². The standard InChI is InChI=1S/C18H21NO5S/c1-13(16-6-4-5-7-17(16)23-2)19-25(21,22)12-14-8-10-15(11-9-14)18(20)24-3/h4-11,13,19H,12H2,1-3H3. The molecule has 6 nitrogen and oxygen atoms in total. The van der Waals surface area contributed by atoms with E-state index in [1.165, 1.54) is 7.11 Å². The molecule has 25 heavy (non-hydrogen) atoms. The van der Waals surface area contributed by atoms with E-state index in [0.29, 0.717) is 16.9 Å². The van der Waals surface area contributed by atoms with E-state index >= 15 is 0 Å². The SMILES string of the molecule is COC(=O)c1ccc(CS(=O)(=O)NC(C)c2ccccc2OC)cc1. The molecule has 134 valence electrons. The highest BCUT2D eigenvalue weighted by Gasteiger charge is 2.19. The van der Waals surface area contributed by atoms with Crippen LogP contribution in [0.1, 0.15) is 34.5 Å². The molecular formula is C18H21NO5S. The summed E-state index contributed by atoms with van der Waals surface area (Å²) in [6.07, 6.45) is 0. The minimum absolute atomic E-state index is 0.187. The van der Waals surface area contributed by atoms with E-state index in [0.717, 1.165) is 5.56 Å². The first kappa shape index (κ1) is 19.0. The number of benzene rings is 2. The topological polar surface area (TPSA) is 81.7 Å². The molecule has 2 aromatic rings. The molecular weight excluding hydrogens is 342 g/mol. The highest BCUT2D eigenvalue weighted by molar-refractivity contribution is 7.88. The molecule has 0 bridgehead atoms. The van der Waals surface area contributed by atoms with Gasteiger partial charge in [0.2, 0.25) is 10.0 Å². The van der Waals surface area contributed by atoms with Gasteiger partial charge in [-0.3, -0.25) is 0 Å². The molecule has 0 spiro atoms. The lowest BCUT2D eigenvalue weighted by atomic mass is 10.1. The number of carbonyl (C=O) groups excluding carboxylic acids is 1. The molecule has 7 heteroatoms. The highest BCUT2D eigenvalue weighted by atomic mass is 32.2. The quantitative estimate of drug-likeness (QED) is 0.765. The fourth-order valence-corrected chi connectivity index (χ4v) is 3.85. The third-order valence-corrected chi connectivity index (χ3v) is 5.12. The Hall–Kier alpha value is -2.38. The summed E-state index contributed by atoms with van der Waals surface area (Å²) in [6.45, 7) is 1.76. The van der Waals surface area contributed by atoms with Gasteiger partial charge in [0.05, 0.1) is 25.5 Å². The van der Waals surface area contributed by atoms with Crippen molar-refractivity contribution in [2.75, 3.05) is 14.2 Å². The van der Waals surface area contributed by atoms with Crippen molar-refractivity contribution in [3.05, 3.63) is 65.2 Å². The van der Waals surface area contributed by atoms with Gasteiger partial charge in [0.1, 0.15) is 5.75 Å². The Morgan fingerprint density at radius 2 is 1.72 bits per heavy atom. The Morgan fingerprint density at radius 1 is 1.08 bits per heavy atom. The predicted octanol–water partition coefficient (Wildman–Crippen LogP) is 2.66. The number of sulfonamides is 1. The second kappa shape index (κ2) is 8.13. The van der Waals surface area contributed by atoms with Crippen LogP contribution < -0.4 is 9.46 Å². The molecule has 0 fully saturated rings. The summed E-state index contributed by atoms with van der Waals surface area (Å²) in [6, 6.07) is 13.1. The minimum atomic E-state index is -3.57. The van der Waals surface area contributed by atoms with Crippen molar-refractivity contribution in [1.29, 1.82) is 0 Å². The van der Waals surface area contributed by atoms with Crippen molar-refractivity contribution in [2.24, 2.45) is 0 Å². The Kier molecular flexibility index (Phi) is 6.17. The molecule has 0 aliphatic rings. The van der Waals surface area contributed by atoms with Gasteiger partial charge in [-0.1, -0.05) is 30.3 Å². The van der Waals surface area contributed by atoms with Crippen LogP contribution in [0.2, 0.25) is 0 Å². The number of rotatable bonds is 7. The summed E-state index contributed by atoms with van der Waals surface area (Å²) in [5.74, 6) is -0.0223. The normalized spacial score (nSPS) is 12.4. The zero-order valence-corrected chi connectivity index (χ0v) is 15.2. The number of esters is 1. The summed E-state index contributed by atoms with van der Waals surface area (Å²) in [4.78, 5) is 11.4. The summed E-state index contributed by atoms with van der Waals surface area (Å²) < 4.78 is 37.4. The van der Waals surface area contributed by atoms with E-state index in [9.17, 15) is 13.2 Å². The largest absolute Gasteiger partial charge is 0.496 e. The highest BCUT2D eigenvalue weighted by Crippen LogP contribution is 2.25. The fraction of sp³-hybridized carbons (Fsp3) is 0.278. The van der Waals surface area contributed by atoms with Crippen LogP contribution in [0.15, 0.2) is 48.5 Å². The molecule has 1 unspecified atom stereocenters. The van der Waals surface area contributed by atoms with E-state index in [-0.39, 0.29) is 5.75 Å². The van der Waals surface area contributed by atoms with Crippen molar-refractivity contribution < 1.29 is 22.7 Å². The Morgan fingerprint density at radius 3 is 2.32 bits per heavy atom. The van der Waals surface area contributed by atoms with Crippen molar-refractivity contribution in [3.63, 3.8) is 0 Å². The number of ether oxygens (including phenoxy) is 2. The van der Waals surface area contributed by atoms with E-state index < -0.39 is 22.0 Å². The van der Waals surface area contributed by atoms with E-state index in [1.807, 2.05) is 18.2 Å². The number of hydrogen-bond donors (Lipinski definition) is 1. The number of para-hydroxylation sites is 1. The summed E-state index contributed by atoms with van der Waals surface area (Å²) in [7, 11) is -0.727. The molecule has 1 atom stereocenters. The van der Waals surface area contributed by atoms with Gasteiger partial charge in [-0.25, -0.2) is 17.9 Å². The van der Waals surface area contributed by atoms with Gasteiger partial charge in [0.15, 0.2) is 0 Å². The van der Waals surface area contributed by atoms with Gasteiger partial charge in [-0.05, 0) is 30.7 Å². The zero-order chi connectivity index (χ0) is 18.4. The molecule has 2 aromatic carbocycles. The van der Waals surface area contributed by atoms with E-state index in [4.69, 9.17) is 4.74 Å². The maximum atomic E-state index is 12.4. The number of carbonyl (C=O) groups is 1. The summed E-state index contributed by atoms with van der Waals surface area (Å²) in [5, 5.41) is 0. The number of nitrogens with one attached hydrogen (secondary N) is 1. The maximum Gasteiger partial charge on any atom is 0.337 e. The molecule has 0 aliphatic carbocycles. The van der Waals surface area contributed by atoms with Gasteiger partial charge >= 0.3 is 5.97 Å². The van der Waals surface area contributed by atoms with Crippen LogP contribution in [0.5, 0.6) is 5.75 Å². The Bertz CT molecular complexity index is 831. The second-order valence-corrected chi connectivity index (χ2v) is 7.28. The lowest BCUT2D eigenvalue weighted by Gasteiger charge is -2.17. The van der Waals surface area contributed by atoms with Crippen molar-refractivity contribution in [1.82, 2.24) is 4.72 Å². The van der Waals surface area contributed by atoms with Crippen molar-refractivity contribution in [2.45, 2.75) is 18.7 Å². The predicted molar refractivity (Wildman–Crippen MR) is 95.0 cm³/mol. The molecule has 0 aliphatic heterocycles. The van der Waals surface area contributed by atoms with Gasteiger partial charge in [0.25, 0.3) is 0 Å². The minimum Gasteiger partial charge on any atom is -0.496 e. The molecule has 0 heterocycles. The van der Waals surface area contributed by atoms with Gasteiger partial charge < -0.3 is 9.47 Å². The molecule has 0 amide bonds. The molecule has 0 saturated carbocycles. The Labute approximate surface area is 147 Å². The molecule has 0 saturated heterocycles.